The maximum Gasteiger partial charge on any atom is 0.358 e. The molecule has 3 rings (SSSR count). The van der Waals surface area contributed by atoms with Gasteiger partial charge in [-0.25, -0.2) is 4.79 Å². The normalized spacial score (nSPS) is 27.3. The number of hydrogen-bond donors (Lipinski definition) is 2. The molecule has 3 heterocycles. The molecule has 3 aliphatic rings. The Balaban J connectivity index is 1.72. The van der Waals surface area contributed by atoms with Crippen molar-refractivity contribution in [3.63, 3.8) is 0 Å². The molecule has 2 amide bonds. The molecule has 0 radical (unpaired) electrons. The molecular weight excluding hydrogens is 400 g/mol. The van der Waals surface area contributed by atoms with Gasteiger partial charge in [-0.15, -0.1) is 11.8 Å². The van der Waals surface area contributed by atoms with Crippen molar-refractivity contribution in [2.45, 2.75) is 57.9 Å². The SMILES string of the molecule is C[C@@H](O)[C@H]1C(=O)N2C(C(=O)OCOC(=O)C(C)(C)C)=C(S[C@H]3CNC(=O)C3)C[C@H]12. The summed E-state index contributed by atoms with van der Waals surface area (Å²) < 4.78 is 10.1. The van der Waals surface area contributed by atoms with E-state index in [-0.39, 0.29) is 28.8 Å². The van der Waals surface area contributed by atoms with E-state index in [2.05, 4.69) is 5.32 Å². The molecule has 0 aromatic carbocycles. The van der Waals surface area contributed by atoms with Crippen molar-refractivity contribution in [1.29, 1.82) is 0 Å². The highest BCUT2D eigenvalue weighted by Gasteiger charge is 2.57. The minimum Gasteiger partial charge on any atom is -0.427 e. The number of rotatable bonds is 6. The number of amides is 2. The second-order valence-electron chi connectivity index (χ2n) is 8.50. The number of nitrogens with one attached hydrogen (secondary N) is 1. The quantitative estimate of drug-likeness (QED) is 0.358. The fourth-order valence-electron chi connectivity index (χ4n) is 3.61. The third-order valence-corrected chi connectivity index (χ3v) is 6.43. The Morgan fingerprint density at radius 3 is 2.52 bits per heavy atom. The Morgan fingerprint density at radius 1 is 1.28 bits per heavy atom. The van der Waals surface area contributed by atoms with Crippen LogP contribution in [0.4, 0.5) is 0 Å². The predicted molar refractivity (Wildman–Crippen MR) is 103 cm³/mol. The molecule has 0 spiro atoms. The molecule has 9 nitrogen and oxygen atoms in total. The smallest absolute Gasteiger partial charge is 0.358 e. The minimum atomic E-state index is -0.826. The van der Waals surface area contributed by atoms with E-state index in [1.54, 1.807) is 27.7 Å². The van der Waals surface area contributed by atoms with Gasteiger partial charge in [0.25, 0.3) is 0 Å². The van der Waals surface area contributed by atoms with Crippen LogP contribution in [0.1, 0.15) is 40.5 Å². The van der Waals surface area contributed by atoms with Crippen LogP contribution in [0, 0.1) is 11.3 Å². The molecule has 2 N–H and O–H groups in total. The van der Waals surface area contributed by atoms with Crippen LogP contribution < -0.4 is 5.32 Å². The number of aliphatic hydroxyl groups excluding tert-OH is 1. The van der Waals surface area contributed by atoms with Crippen molar-refractivity contribution >= 4 is 35.5 Å². The fourth-order valence-corrected chi connectivity index (χ4v) is 4.97. The van der Waals surface area contributed by atoms with E-state index in [1.807, 2.05) is 0 Å². The number of thioether (sulfide) groups is 1. The number of carbonyl (C=O) groups excluding carboxylic acids is 4. The zero-order chi connectivity index (χ0) is 21.5. The molecule has 0 unspecified atom stereocenters. The Bertz CT molecular complexity index is 771. The monoisotopic (exact) mass is 426 g/mol. The van der Waals surface area contributed by atoms with Gasteiger partial charge in [-0.05, 0) is 27.7 Å². The lowest BCUT2D eigenvalue weighted by Gasteiger charge is -2.44. The van der Waals surface area contributed by atoms with Gasteiger partial charge in [-0.1, -0.05) is 0 Å². The van der Waals surface area contributed by atoms with E-state index < -0.39 is 36.2 Å². The number of carbonyl (C=O) groups is 4. The lowest BCUT2D eigenvalue weighted by Crippen LogP contribution is -2.61. The van der Waals surface area contributed by atoms with Gasteiger partial charge in [-0.2, -0.15) is 0 Å². The van der Waals surface area contributed by atoms with E-state index in [9.17, 15) is 24.3 Å². The van der Waals surface area contributed by atoms with E-state index in [4.69, 9.17) is 9.47 Å². The summed E-state index contributed by atoms with van der Waals surface area (Å²) in [4.78, 5) is 50.6. The number of ether oxygens (including phenoxy) is 2. The van der Waals surface area contributed by atoms with Crippen LogP contribution >= 0.6 is 11.8 Å². The Morgan fingerprint density at radius 2 is 1.97 bits per heavy atom. The maximum absolute atomic E-state index is 12.7. The zero-order valence-electron chi connectivity index (χ0n) is 16.9. The third kappa shape index (κ3) is 4.28. The first-order valence-corrected chi connectivity index (χ1v) is 10.4. The third-order valence-electron chi connectivity index (χ3n) is 5.12. The highest BCUT2D eigenvalue weighted by Crippen LogP contribution is 2.48. The zero-order valence-corrected chi connectivity index (χ0v) is 17.7. The summed E-state index contributed by atoms with van der Waals surface area (Å²) in [7, 11) is 0. The van der Waals surface area contributed by atoms with Crippen molar-refractivity contribution in [2.75, 3.05) is 13.3 Å². The van der Waals surface area contributed by atoms with Crippen molar-refractivity contribution in [2.24, 2.45) is 11.3 Å². The van der Waals surface area contributed by atoms with E-state index >= 15 is 0 Å². The Hall–Kier alpha value is -2.07. The molecular formula is C19H26N2O7S. The number of nitrogens with zero attached hydrogens (tertiary/aromatic N) is 1. The van der Waals surface area contributed by atoms with E-state index in [0.717, 1.165) is 0 Å². The maximum atomic E-state index is 12.7. The first kappa shape index (κ1) is 21.6. The van der Waals surface area contributed by atoms with Crippen LogP contribution in [-0.4, -0.2) is 64.5 Å². The summed E-state index contributed by atoms with van der Waals surface area (Å²) in [5.41, 5.74) is -0.613. The molecule has 0 aromatic heterocycles. The van der Waals surface area contributed by atoms with E-state index in [1.165, 1.54) is 16.7 Å². The van der Waals surface area contributed by atoms with Gasteiger partial charge in [0.15, 0.2) is 0 Å². The van der Waals surface area contributed by atoms with Crippen molar-refractivity contribution in [3.8, 4) is 0 Å². The number of fused-ring (bicyclic) bond motifs is 1. The summed E-state index contributed by atoms with van der Waals surface area (Å²) in [5.74, 6) is -2.23. The molecule has 0 aliphatic carbocycles. The van der Waals surface area contributed by atoms with Crippen LogP contribution in [0.25, 0.3) is 0 Å². The molecule has 4 atom stereocenters. The molecule has 0 bridgehead atoms. The van der Waals surface area contributed by atoms with Gasteiger partial charge in [0.2, 0.25) is 18.6 Å². The molecule has 0 aromatic rings. The minimum absolute atomic E-state index is 0.0437. The summed E-state index contributed by atoms with van der Waals surface area (Å²) in [6, 6.07) is -0.310. The van der Waals surface area contributed by atoms with Crippen molar-refractivity contribution in [3.05, 3.63) is 10.6 Å². The molecule has 10 heteroatoms. The topological polar surface area (TPSA) is 122 Å². The summed E-state index contributed by atoms with van der Waals surface area (Å²) >= 11 is 1.37. The van der Waals surface area contributed by atoms with Crippen LogP contribution in [0.2, 0.25) is 0 Å². The second-order valence-corrected chi connectivity index (χ2v) is 9.89. The average Bonchev–Trinajstić information content (AvgIpc) is 3.15. The summed E-state index contributed by atoms with van der Waals surface area (Å²) in [5, 5.41) is 12.6. The van der Waals surface area contributed by atoms with Crippen molar-refractivity contribution in [1.82, 2.24) is 10.2 Å². The molecule has 0 saturated carbocycles. The fraction of sp³-hybridized carbons (Fsp3) is 0.684. The Kier molecular flexibility index (Phi) is 5.96. The van der Waals surface area contributed by atoms with Crippen LogP contribution in [0.5, 0.6) is 0 Å². The lowest BCUT2D eigenvalue weighted by atomic mass is 9.83. The van der Waals surface area contributed by atoms with Gasteiger partial charge < -0.3 is 24.8 Å². The molecule has 2 saturated heterocycles. The van der Waals surface area contributed by atoms with Crippen LogP contribution in [-0.2, 0) is 28.7 Å². The largest absolute Gasteiger partial charge is 0.427 e. The summed E-state index contributed by atoms with van der Waals surface area (Å²) in [6.07, 6.45) is -0.0751. The molecule has 2 fully saturated rings. The Labute approximate surface area is 173 Å². The van der Waals surface area contributed by atoms with Crippen LogP contribution in [0.3, 0.4) is 0 Å². The number of aliphatic hydroxyl groups is 1. The first-order chi connectivity index (χ1) is 13.5. The highest BCUT2D eigenvalue weighted by atomic mass is 32.2. The first-order valence-electron chi connectivity index (χ1n) is 9.52. The van der Waals surface area contributed by atoms with Gasteiger partial charge in [-0.3, -0.25) is 14.4 Å². The standard InChI is InChI=1S/C19H26N2O7S/c1-9(22)14-11-6-12(29-10-5-13(23)20-7-10)15(21(11)16(14)24)17(25)27-8-28-18(26)19(2,3)4/h9-11,14,22H,5-8H2,1-4H3,(H,20,23)/t9-,10-,11-,14-/m1/s1. The average molecular weight is 426 g/mol. The van der Waals surface area contributed by atoms with Crippen LogP contribution in [0.15, 0.2) is 10.6 Å². The van der Waals surface area contributed by atoms with Gasteiger partial charge in [0.05, 0.1) is 23.5 Å². The lowest BCUT2D eigenvalue weighted by molar-refractivity contribution is -0.175. The second kappa shape index (κ2) is 7.98. The number of hydrogen-bond acceptors (Lipinski definition) is 8. The van der Waals surface area contributed by atoms with Gasteiger partial charge >= 0.3 is 11.9 Å². The van der Waals surface area contributed by atoms with Gasteiger partial charge in [0.1, 0.15) is 5.70 Å². The van der Waals surface area contributed by atoms with E-state index in [0.29, 0.717) is 24.3 Å². The molecule has 29 heavy (non-hydrogen) atoms. The molecule has 160 valence electrons. The summed E-state index contributed by atoms with van der Waals surface area (Å²) in [6.45, 7) is 6.53. The van der Waals surface area contributed by atoms with Crippen molar-refractivity contribution < 1.29 is 33.8 Å². The van der Waals surface area contributed by atoms with Gasteiger partial charge in [0, 0.05) is 29.5 Å². The number of esters is 2. The highest BCUT2D eigenvalue weighted by molar-refractivity contribution is 8.03. The predicted octanol–water partition coefficient (Wildman–Crippen LogP) is 0.521. The molecule has 3 aliphatic heterocycles. The number of β-lactam (4-membered cyclic amide) rings is 1.